The second-order valence-electron chi connectivity index (χ2n) is 8.95. The fourth-order valence-corrected chi connectivity index (χ4v) is 4.54. The van der Waals surface area contributed by atoms with Gasteiger partial charge in [0.25, 0.3) is 0 Å². The third-order valence-electron chi connectivity index (χ3n) is 6.52. The fraction of sp³-hybridized carbons (Fsp3) is 0.296. The van der Waals surface area contributed by atoms with Crippen molar-refractivity contribution >= 4 is 33.9 Å². The number of aryl methyl sites for hydroxylation is 1. The highest BCUT2D eigenvalue weighted by molar-refractivity contribution is 6.01. The van der Waals surface area contributed by atoms with Crippen LogP contribution in [-0.4, -0.2) is 58.4 Å². The molecule has 0 unspecified atom stereocenters. The van der Waals surface area contributed by atoms with E-state index in [0.717, 1.165) is 49.8 Å². The monoisotopic (exact) mass is 488 g/mol. The lowest BCUT2D eigenvalue weighted by atomic mass is 10.2. The number of Topliss-reactive ketones (excluding diaryl/α,β-unsaturated/α-hetero) is 1. The van der Waals surface area contributed by atoms with Crippen LogP contribution >= 0.6 is 0 Å². The maximum absolute atomic E-state index is 15.1. The van der Waals surface area contributed by atoms with E-state index in [1.54, 1.807) is 12.1 Å². The number of nitrogens with one attached hydrogen (secondary N) is 2. The molecular formula is C27H29FN6O2. The third kappa shape index (κ3) is 4.74. The van der Waals surface area contributed by atoms with E-state index in [1.807, 2.05) is 19.1 Å². The number of likely N-dealkylation sites (N-methyl/N-ethyl adjacent to an activating group) is 1. The molecule has 8 nitrogen and oxygen atoms in total. The molecule has 0 aliphatic carbocycles. The van der Waals surface area contributed by atoms with Crippen molar-refractivity contribution in [2.24, 2.45) is 0 Å². The van der Waals surface area contributed by atoms with E-state index in [4.69, 9.17) is 4.74 Å². The summed E-state index contributed by atoms with van der Waals surface area (Å²) in [5.74, 6) is -0.528. The normalized spacial score (nSPS) is 14.3. The Morgan fingerprint density at radius 1 is 1.11 bits per heavy atom. The number of fused-ring (bicyclic) bond motifs is 1. The first-order valence-electron chi connectivity index (χ1n) is 12.1. The van der Waals surface area contributed by atoms with E-state index in [-0.39, 0.29) is 23.0 Å². The Morgan fingerprint density at radius 2 is 1.86 bits per heavy atom. The summed E-state index contributed by atoms with van der Waals surface area (Å²) >= 11 is 0. The number of halogens is 1. The van der Waals surface area contributed by atoms with Crippen molar-refractivity contribution in [1.29, 1.82) is 0 Å². The number of hydrogen-bond donors (Lipinski definition) is 2. The molecule has 0 radical (unpaired) electrons. The van der Waals surface area contributed by atoms with Crippen LogP contribution in [0.4, 0.5) is 21.6 Å². The van der Waals surface area contributed by atoms with E-state index in [1.165, 1.54) is 19.3 Å². The SMILES string of the molecule is CCN1CCN(c2ccc(Nc3ncnc(Oc4ccc5[nH]c(C)cc5c4F)c3C(C)=O)cc2)CC1. The van der Waals surface area contributed by atoms with Gasteiger partial charge >= 0.3 is 0 Å². The number of piperazine rings is 1. The lowest BCUT2D eigenvalue weighted by molar-refractivity contribution is 0.101. The van der Waals surface area contributed by atoms with Crippen molar-refractivity contribution in [2.45, 2.75) is 20.8 Å². The van der Waals surface area contributed by atoms with Gasteiger partial charge < -0.3 is 24.8 Å². The zero-order valence-corrected chi connectivity index (χ0v) is 20.6. The van der Waals surface area contributed by atoms with Crippen LogP contribution in [0.2, 0.25) is 0 Å². The molecule has 2 N–H and O–H groups in total. The van der Waals surface area contributed by atoms with Gasteiger partial charge in [-0.2, -0.15) is 0 Å². The standard InChI is InChI=1S/C27H29FN6O2/c1-4-33-11-13-34(14-12-33)20-7-5-19(6-8-20)32-26-24(18(3)35)27(30-16-29-26)36-23-10-9-22-21(25(23)28)15-17(2)31-22/h5-10,15-16,31H,4,11-14H2,1-3H3,(H,29,30,32). The highest BCUT2D eigenvalue weighted by Gasteiger charge is 2.21. The molecule has 0 saturated carbocycles. The van der Waals surface area contributed by atoms with Gasteiger partial charge in [0.1, 0.15) is 17.7 Å². The van der Waals surface area contributed by atoms with Gasteiger partial charge in [0.2, 0.25) is 5.88 Å². The molecule has 1 aliphatic heterocycles. The molecule has 9 heteroatoms. The first-order chi connectivity index (χ1) is 17.4. The number of aromatic nitrogens is 3. The number of rotatable bonds is 7. The van der Waals surface area contributed by atoms with Crippen LogP contribution in [0, 0.1) is 12.7 Å². The molecule has 5 rings (SSSR count). The molecule has 0 bridgehead atoms. The molecule has 0 atom stereocenters. The summed E-state index contributed by atoms with van der Waals surface area (Å²) in [5.41, 5.74) is 3.59. The van der Waals surface area contributed by atoms with Gasteiger partial charge in [-0.3, -0.25) is 4.79 Å². The van der Waals surface area contributed by atoms with Gasteiger partial charge in [-0.25, -0.2) is 14.4 Å². The van der Waals surface area contributed by atoms with Gasteiger partial charge in [0, 0.05) is 54.2 Å². The van der Waals surface area contributed by atoms with Crippen LogP contribution in [-0.2, 0) is 0 Å². The van der Waals surface area contributed by atoms with Gasteiger partial charge in [-0.1, -0.05) is 6.92 Å². The van der Waals surface area contributed by atoms with E-state index >= 15 is 4.39 Å². The molecule has 2 aromatic heterocycles. The van der Waals surface area contributed by atoms with E-state index in [2.05, 4.69) is 49.1 Å². The Morgan fingerprint density at radius 3 is 2.56 bits per heavy atom. The number of ether oxygens (including phenoxy) is 1. The van der Waals surface area contributed by atoms with Gasteiger partial charge in [-0.15, -0.1) is 0 Å². The average molecular weight is 489 g/mol. The van der Waals surface area contributed by atoms with Gasteiger partial charge in [0.15, 0.2) is 17.3 Å². The van der Waals surface area contributed by atoms with Crippen LogP contribution in [0.25, 0.3) is 10.9 Å². The molecule has 0 amide bonds. The Kier molecular flexibility index (Phi) is 6.56. The number of anilines is 3. The highest BCUT2D eigenvalue weighted by Crippen LogP contribution is 2.33. The van der Waals surface area contributed by atoms with Crippen LogP contribution in [0.15, 0.2) is 48.8 Å². The summed E-state index contributed by atoms with van der Waals surface area (Å²) in [6.45, 7) is 10.6. The van der Waals surface area contributed by atoms with Gasteiger partial charge in [-0.05, 0) is 62.9 Å². The Hall–Kier alpha value is -3.98. The average Bonchev–Trinajstić information content (AvgIpc) is 3.27. The lowest BCUT2D eigenvalue weighted by Crippen LogP contribution is -2.46. The lowest BCUT2D eigenvalue weighted by Gasteiger charge is -2.35. The van der Waals surface area contributed by atoms with Crippen LogP contribution in [0.1, 0.15) is 29.9 Å². The fourth-order valence-electron chi connectivity index (χ4n) is 4.54. The van der Waals surface area contributed by atoms with Crippen molar-refractivity contribution in [3.8, 4) is 11.6 Å². The topological polar surface area (TPSA) is 86.4 Å². The smallest absolute Gasteiger partial charge is 0.235 e. The molecule has 2 aromatic carbocycles. The van der Waals surface area contributed by atoms with E-state index in [0.29, 0.717) is 16.7 Å². The molecule has 1 saturated heterocycles. The minimum absolute atomic E-state index is 0.00378. The summed E-state index contributed by atoms with van der Waals surface area (Å²) in [6, 6.07) is 13.0. The molecule has 0 spiro atoms. The molecule has 3 heterocycles. The van der Waals surface area contributed by atoms with Crippen LogP contribution < -0.4 is 15.0 Å². The first kappa shape index (κ1) is 23.7. The number of H-pyrrole nitrogens is 1. The maximum atomic E-state index is 15.1. The number of nitrogens with zero attached hydrogens (tertiary/aromatic N) is 4. The molecule has 1 fully saturated rings. The second-order valence-corrected chi connectivity index (χ2v) is 8.95. The second kappa shape index (κ2) is 9.94. The largest absolute Gasteiger partial charge is 0.435 e. The molecule has 36 heavy (non-hydrogen) atoms. The first-order valence-corrected chi connectivity index (χ1v) is 12.1. The number of carbonyl (C=O) groups is 1. The van der Waals surface area contributed by atoms with E-state index < -0.39 is 5.82 Å². The zero-order valence-electron chi connectivity index (χ0n) is 20.6. The highest BCUT2D eigenvalue weighted by atomic mass is 19.1. The van der Waals surface area contributed by atoms with Crippen molar-refractivity contribution in [2.75, 3.05) is 42.9 Å². The van der Waals surface area contributed by atoms with Crippen molar-refractivity contribution in [3.63, 3.8) is 0 Å². The summed E-state index contributed by atoms with van der Waals surface area (Å²) in [6.07, 6.45) is 1.29. The molecule has 186 valence electrons. The predicted octanol–water partition coefficient (Wildman–Crippen LogP) is 5.29. The number of hydrogen-bond acceptors (Lipinski definition) is 7. The van der Waals surface area contributed by atoms with Gasteiger partial charge in [0.05, 0.1) is 0 Å². The Labute approximate surface area is 209 Å². The minimum atomic E-state index is -0.519. The zero-order chi connectivity index (χ0) is 25.2. The Balaban J connectivity index is 1.37. The number of aromatic amines is 1. The number of benzene rings is 2. The number of carbonyl (C=O) groups excluding carboxylic acids is 1. The minimum Gasteiger partial charge on any atom is -0.435 e. The van der Waals surface area contributed by atoms with Crippen LogP contribution in [0.3, 0.4) is 0 Å². The third-order valence-corrected chi connectivity index (χ3v) is 6.52. The predicted molar refractivity (Wildman–Crippen MR) is 139 cm³/mol. The van der Waals surface area contributed by atoms with Crippen LogP contribution in [0.5, 0.6) is 11.6 Å². The molecule has 4 aromatic rings. The Bertz CT molecular complexity index is 1390. The summed E-state index contributed by atoms with van der Waals surface area (Å²) in [4.78, 5) is 28.9. The maximum Gasteiger partial charge on any atom is 0.235 e. The van der Waals surface area contributed by atoms with E-state index in [9.17, 15) is 4.79 Å². The summed E-state index contributed by atoms with van der Waals surface area (Å²) in [5, 5.41) is 3.61. The van der Waals surface area contributed by atoms with Crippen molar-refractivity contribution in [1.82, 2.24) is 19.9 Å². The summed E-state index contributed by atoms with van der Waals surface area (Å²) < 4.78 is 20.9. The number of ketones is 1. The van der Waals surface area contributed by atoms with Crippen molar-refractivity contribution in [3.05, 3.63) is 65.9 Å². The molecular weight excluding hydrogens is 459 g/mol. The summed E-state index contributed by atoms with van der Waals surface area (Å²) in [7, 11) is 0. The molecule has 1 aliphatic rings. The quantitative estimate of drug-likeness (QED) is 0.342. The van der Waals surface area contributed by atoms with Crippen molar-refractivity contribution < 1.29 is 13.9 Å².